The molecule has 0 fully saturated rings. The van der Waals surface area contributed by atoms with Crippen molar-refractivity contribution in [2.75, 3.05) is 18.9 Å². The lowest BCUT2D eigenvalue weighted by molar-refractivity contribution is 0.0784. The van der Waals surface area contributed by atoms with Crippen molar-refractivity contribution in [1.82, 2.24) is 4.90 Å². The van der Waals surface area contributed by atoms with Crippen molar-refractivity contribution in [3.05, 3.63) is 88.7 Å². The van der Waals surface area contributed by atoms with Crippen LogP contribution >= 0.6 is 11.6 Å². The zero-order valence-corrected chi connectivity index (χ0v) is 18.4. The Labute approximate surface area is 185 Å². The molecule has 3 aromatic rings. The molecule has 0 aliphatic carbocycles. The van der Waals surface area contributed by atoms with E-state index in [0.29, 0.717) is 12.3 Å². The van der Waals surface area contributed by atoms with Crippen LogP contribution in [-0.2, 0) is 16.6 Å². The molecule has 6 nitrogen and oxygen atoms in total. The number of benzene rings is 3. The van der Waals surface area contributed by atoms with E-state index < -0.39 is 15.8 Å². The maximum Gasteiger partial charge on any atom is 0.261 e. The average molecular weight is 463 g/mol. The first-order valence-corrected chi connectivity index (χ1v) is 11.0. The average Bonchev–Trinajstić information content (AvgIpc) is 2.75. The molecule has 0 aliphatic heterocycles. The van der Waals surface area contributed by atoms with Gasteiger partial charge in [-0.2, -0.15) is 0 Å². The predicted octanol–water partition coefficient (Wildman–Crippen LogP) is 4.56. The Balaban J connectivity index is 1.83. The molecule has 0 atom stereocenters. The molecule has 3 rings (SSSR count). The summed E-state index contributed by atoms with van der Waals surface area (Å²) in [4.78, 5) is 14.3. The Morgan fingerprint density at radius 2 is 1.77 bits per heavy atom. The van der Waals surface area contributed by atoms with Gasteiger partial charge in [0.25, 0.3) is 15.9 Å². The molecule has 0 saturated carbocycles. The van der Waals surface area contributed by atoms with E-state index in [-0.39, 0.29) is 27.1 Å². The van der Waals surface area contributed by atoms with E-state index in [4.69, 9.17) is 16.3 Å². The second kappa shape index (κ2) is 9.36. The number of hydrogen-bond donors (Lipinski definition) is 1. The second-order valence-corrected chi connectivity index (χ2v) is 8.82. The van der Waals surface area contributed by atoms with Crippen molar-refractivity contribution in [1.29, 1.82) is 0 Å². The Morgan fingerprint density at radius 1 is 1.10 bits per heavy atom. The van der Waals surface area contributed by atoms with Crippen molar-refractivity contribution in [3.8, 4) is 5.75 Å². The number of rotatable bonds is 7. The molecule has 0 spiro atoms. The molecule has 3 aromatic carbocycles. The lowest BCUT2D eigenvalue weighted by atomic mass is 10.1. The van der Waals surface area contributed by atoms with Gasteiger partial charge in [0, 0.05) is 24.7 Å². The fraction of sp³-hybridized carbons (Fsp3) is 0.136. The topological polar surface area (TPSA) is 75.7 Å². The van der Waals surface area contributed by atoms with Crippen molar-refractivity contribution in [3.63, 3.8) is 0 Å². The van der Waals surface area contributed by atoms with Gasteiger partial charge < -0.3 is 9.64 Å². The van der Waals surface area contributed by atoms with Gasteiger partial charge in [-0.15, -0.1) is 0 Å². The minimum atomic E-state index is -4.02. The monoisotopic (exact) mass is 462 g/mol. The summed E-state index contributed by atoms with van der Waals surface area (Å²) in [5, 5.41) is 0.120. The van der Waals surface area contributed by atoms with Crippen molar-refractivity contribution < 1.29 is 22.3 Å². The van der Waals surface area contributed by atoms with Crippen molar-refractivity contribution in [2.24, 2.45) is 0 Å². The van der Waals surface area contributed by atoms with Crippen LogP contribution in [0.2, 0.25) is 5.02 Å². The quantitative estimate of drug-likeness (QED) is 0.558. The second-order valence-electron chi connectivity index (χ2n) is 6.73. The minimum absolute atomic E-state index is 0.0440. The van der Waals surface area contributed by atoms with Crippen LogP contribution in [0.3, 0.4) is 0 Å². The van der Waals surface area contributed by atoms with Crippen LogP contribution < -0.4 is 9.46 Å². The van der Waals surface area contributed by atoms with Gasteiger partial charge in [0.05, 0.1) is 22.7 Å². The summed E-state index contributed by atoms with van der Waals surface area (Å²) >= 11 is 6.14. The summed E-state index contributed by atoms with van der Waals surface area (Å²) in [5.74, 6) is -0.224. The Kier molecular flexibility index (Phi) is 6.82. The smallest absolute Gasteiger partial charge is 0.261 e. The fourth-order valence-electron chi connectivity index (χ4n) is 2.94. The van der Waals surface area contributed by atoms with Crippen LogP contribution in [0.1, 0.15) is 15.9 Å². The number of sulfonamides is 1. The molecule has 0 radical (unpaired) electrons. The normalized spacial score (nSPS) is 11.1. The molecule has 0 bridgehead atoms. The van der Waals surface area contributed by atoms with Gasteiger partial charge in [-0.05, 0) is 48.5 Å². The zero-order valence-electron chi connectivity index (χ0n) is 16.8. The van der Waals surface area contributed by atoms with Crippen molar-refractivity contribution in [2.45, 2.75) is 11.4 Å². The summed E-state index contributed by atoms with van der Waals surface area (Å²) in [6.07, 6.45) is 0. The van der Waals surface area contributed by atoms with E-state index >= 15 is 0 Å². The number of carbonyl (C=O) groups excluding carboxylic acids is 1. The van der Waals surface area contributed by atoms with Gasteiger partial charge in [0.15, 0.2) is 0 Å². The predicted molar refractivity (Wildman–Crippen MR) is 117 cm³/mol. The van der Waals surface area contributed by atoms with Crippen LogP contribution in [0.25, 0.3) is 0 Å². The first kappa shape index (κ1) is 22.6. The SMILES string of the molecule is COc1ccccc1CN(C)C(=O)c1ccc(Cl)c(NS(=O)(=O)c2ccc(F)cc2)c1. The Bertz CT molecular complexity index is 1200. The number of nitrogens with one attached hydrogen (secondary N) is 1. The minimum Gasteiger partial charge on any atom is -0.496 e. The number of hydrogen-bond acceptors (Lipinski definition) is 4. The number of halogens is 2. The molecule has 1 amide bonds. The standard InChI is InChI=1S/C22H20ClFN2O4S/c1-26(14-16-5-3-4-6-21(16)30-2)22(27)15-7-12-19(23)20(13-15)25-31(28,29)18-10-8-17(24)9-11-18/h3-13,25H,14H2,1-2H3. The van der Waals surface area contributed by atoms with Crippen LogP contribution in [0.15, 0.2) is 71.6 Å². The summed E-state index contributed by atoms with van der Waals surface area (Å²) in [7, 11) is -0.830. The summed E-state index contributed by atoms with van der Waals surface area (Å²) in [6, 6.07) is 16.0. The van der Waals surface area contributed by atoms with E-state index in [0.717, 1.165) is 29.8 Å². The number of para-hydroxylation sites is 1. The molecule has 0 heterocycles. The molecule has 1 N–H and O–H groups in total. The molecular formula is C22H20ClFN2O4S. The third kappa shape index (κ3) is 5.34. The summed E-state index contributed by atoms with van der Waals surface area (Å²) < 4.78 is 45.9. The van der Waals surface area contributed by atoms with Crippen LogP contribution in [0.4, 0.5) is 10.1 Å². The Hall–Kier alpha value is -3.10. The zero-order chi connectivity index (χ0) is 22.6. The number of carbonyl (C=O) groups is 1. The molecule has 162 valence electrons. The van der Waals surface area contributed by atoms with Gasteiger partial charge in [0.1, 0.15) is 11.6 Å². The van der Waals surface area contributed by atoms with Gasteiger partial charge in [0.2, 0.25) is 0 Å². The first-order valence-electron chi connectivity index (χ1n) is 9.16. The molecule has 0 saturated heterocycles. The molecule has 0 unspecified atom stereocenters. The van der Waals surface area contributed by atoms with E-state index in [1.165, 1.54) is 23.1 Å². The van der Waals surface area contributed by atoms with Gasteiger partial charge in [-0.25, -0.2) is 12.8 Å². The third-order valence-electron chi connectivity index (χ3n) is 4.53. The lowest BCUT2D eigenvalue weighted by Gasteiger charge is -2.19. The highest BCUT2D eigenvalue weighted by Gasteiger charge is 2.19. The lowest BCUT2D eigenvalue weighted by Crippen LogP contribution is -2.26. The molecule has 0 aliphatic rings. The summed E-state index contributed by atoms with van der Waals surface area (Å²) in [5.41, 5.74) is 1.12. The molecule has 31 heavy (non-hydrogen) atoms. The van der Waals surface area contributed by atoms with Crippen molar-refractivity contribution >= 4 is 33.2 Å². The number of nitrogens with zero attached hydrogens (tertiary/aromatic N) is 1. The summed E-state index contributed by atoms with van der Waals surface area (Å²) in [6.45, 7) is 0.294. The van der Waals surface area contributed by atoms with Gasteiger partial charge in [-0.1, -0.05) is 29.8 Å². The highest BCUT2D eigenvalue weighted by Crippen LogP contribution is 2.27. The number of ether oxygens (including phenoxy) is 1. The number of amides is 1. The Morgan fingerprint density at radius 3 is 2.45 bits per heavy atom. The molecular weight excluding hydrogens is 443 g/mol. The van der Waals surface area contributed by atoms with Gasteiger partial charge >= 0.3 is 0 Å². The van der Waals surface area contributed by atoms with Gasteiger partial charge in [-0.3, -0.25) is 9.52 Å². The first-order chi connectivity index (χ1) is 14.7. The van der Waals surface area contributed by atoms with Crippen LogP contribution in [0.5, 0.6) is 5.75 Å². The highest BCUT2D eigenvalue weighted by atomic mass is 35.5. The number of methoxy groups -OCH3 is 1. The largest absolute Gasteiger partial charge is 0.496 e. The highest BCUT2D eigenvalue weighted by molar-refractivity contribution is 7.92. The fourth-order valence-corrected chi connectivity index (χ4v) is 4.23. The van der Waals surface area contributed by atoms with E-state index in [1.807, 2.05) is 18.2 Å². The molecule has 0 aromatic heterocycles. The number of anilines is 1. The van der Waals surface area contributed by atoms with E-state index in [9.17, 15) is 17.6 Å². The maximum atomic E-state index is 13.1. The third-order valence-corrected chi connectivity index (χ3v) is 6.24. The van der Waals surface area contributed by atoms with E-state index in [2.05, 4.69) is 4.72 Å². The van der Waals surface area contributed by atoms with E-state index in [1.54, 1.807) is 20.2 Å². The van der Waals surface area contributed by atoms with Crippen LogP contribution in [-0.4, -0.2) is 33.4 Å². The maximum absolute atomic E-state index is 13.1. The molecule has 9 heteroatoms. The van der Waals surface area contributed by atoms with Crippen LogP contribution in [0, 0.1) is 5.82 Å².